The van der Waals surface area contributed by atoms with Crippen LogP contribution < -0.4 is 4.72 Å². The minimum atomic E-state index is -3.89. The average Bonchev–Trinajstić information content (AvgIpc) is 2.53. The fourth-order valence-electron chi connectivity index (χ4n) is 2.20. The van der Waals surface area contributed by atoms with Crippen LogP contribution in [0, 0.1) is 22.7 Å². The van der Waals surface area contributed by atoms with Crippen LogP contribution in [0.25, 0.3) is 0 Å². The number of ether oxygens (including phenoxy) is 1. The molecule has 0 aliphatic carbocycles. The largest absolute Gasteiger partial charge is 0.383 e. The van der Waals surface area contributed by atoms with Gasteiger partial charge in [0.25, 0.3) is 0 Å². The second-order valence-electron chi connectivity index (χ2n) is 5.37. The number of methoxy groups -OCH3 is 1. The Labute approximate surface area is 148 Å². The van der Waals surface area contributed by atoms with Crippen molar-refractivity contribution in [2.24, 2.45) is 0 Å². The van der Waals surface area contributed by atoms with Crippen molar-refractivity contribution in [3.63, 3.8) is 0 Å². The number of benzene rings is 1. The number of hydrogen-bond acceptors (Lipinski definition) is 7. The first-order chi connectivity index (χ1) is 11.7. The molecule has 1 aromatic rings. The molecule has 0 spiro atoms. The lowest BCUT2D eigenvalue weighted by molar-refractivity contribution is 0.180. The van der Waals surface area contributed by atoms with Gasteiger partial charge in [-0.2, -0.15) is 10.5 Å². The van der Waals surface area contributed by atoms with Gasteiger partial charge in [0.05, 0.1) is 34.1 Å². The third-order valence-corrected chi connectivity index (χ3v) is 6.64. The first kappa shape index (κ1) is 21.1. The van der Waals surface area contributed by atoms with Crippen molar-refractivity contribution in [1.82, 2.24) is 4.72 Å². The van der Waals surface area contributed by atoms with Gasteiger partial charge in [-0.1, -0.05) is 6.07 Å². The standard InChI is InChI=1S/C15H19N3O5S2/c1-12(11-23-2)18-25(21,22)8-4-7-24(19,20)15-6-3-5-13(9-16)14(15)10-17/h3,5-6,12,18H,4,7-8,11H2,1-2H3. The Bertz CT molecular complexity index is 896. The van der Waals surface area contributed by atoms with Crippen molar-refractivity contribution in [2.75, 3.05) is 25.2 Å². The van der Waals surface area contributed by atoms with Crippen molar-refractivity contribution < 1.29 is 21.6 Å². The van der Waals surface area contributed by atoms with E-state index >= 15 is 0 Å². The van der Waals surface area contributed by atoms with Gasteiger partial charge >= 0.3 is 0 Å². The lowest BCUT2D eigenvalue weighted by Gasteiger charge is -2.13. The summed E-state index contributed by atoms with van der Waals surface area (Å²) in [5.41, 5.74) is -0.258. The Morgan fingerprint density at radius 1 is 1.16 bits per heavy atom. The summed E-state index contributed by atoms with van der Waals surface area (Å²) < 4.78 is 55.8. The summed E-state index contributed by atoms with van der Waals surface area (Å²) in [7, 11) is -6.09. The van der Waals surface area contributed by atoms with Crippen LogP contribution in [0.4, 0.5) is 0 Å². The van der Waals surface area contributed by atoms with Crippen LogP contribution in [0.15, 0.2) is 23.1 Å². The van der Waals surface area contributed by atoms with Crippen molar-refractivity contribution in [3.8, 4) is 12.1 Å². The van der Waals surface area contributed by atoms with E-state index in [1.165, 1.54) is 25.3 Å². The summed E-state index contributed by atoms with van der Waals surface area (Å²) in [4.78, 5) is -0.257. The molecule has 1 unspecified atom stereocenters. The van der Waals surface area contributed by atoms with E-state index < -0.39 is 31.7 Å². The van der Waals surface area contributed by atoms with E-state index in [-0.39, 0.29) is 34.8 Å². The minimum absolute atomic E-state index is 0.0359. The summed E-state index contributed by atoms with van der Waals surface area (Å²) >= 11 is 0. The Kier molecular flexibility index (Phi) is 7.52. The highest BCUT2D eigenvalue weighted by Crippen LogP contribution is 2.20. The minimum Gasteiger partial charge on any atom is -0.383 e. The molecule has 0 bridgehead atoms. The predicted molar refractivity (Wildman–Crippen MR) is 90.8 cm³/mol. The number of nitrogens with one attached hydrogen (secondary N) is 1. The molecular formula is C15H19N3O5S2. The van der Waals surface area contributed by atoms with Gasteiger partial charge in [-0.25, -0.2) is 21.6 Å². The Morgan fingerprint density at radius 3 is 2.40 bits per heavy atom. The van der Waals surface area contributed by atoms with Gasteiger partial charge in [-0.15, -0.1) is 0 Å². The maximum Gasteiger partial charge on any atom is 0.211 e. The van der Waals surface area contributed by atoms with Gasteiger partial charge in [0.15, 0.2) is 9.84 Å². The molecule has 0 heterocycles. The molecule has 0 fully saturated rings. The molecule has 1 atom stereocenters. The van der Waals surface area contributed by atoms with Crippen molar-refractivity contribution in [1.29, 1.82) is 10.5 Å². The molecule has 0 saturated heterocycles. The van der Waals surface area contributed by atoms with Crippen LogP contribution in [-0.4, -0.2) is 48.1 Å². The molecule has 1 rings (SSSR count). The molecule has 0 aliphatic heterocycles. The van der Waals surface area contributed by atoms with E-state index in [0.717, 1.165) is 0 Å². The van der Waals surface area contributed by atoms with E-state index in [0.29, 0.717) is 0 Å². The number of sulfonamides is 1. The van der Waals surface area contributed by atoms with Crippen molar-refractivity contribution in [3.05, 3.63) is 29.3 Å². The van der Waals surface area contributed by atoms with Crippen molar-refractivity contribution >= 4 is 19.9 Å². The molecule has 0 amide bonds. The highest BCUT2D eigenvalue weighted by molar-refractivity contribution is 7.91. The summed E-state index contributed by atoms with van der Waals surface area (Å²) in [5.74, 6) is -0.823. The molecule has 0 radical (unpaired) electrons. The van der Waals surface area contributed by atoms with Crippen LogP contribution >= 0.6 is 0 Å². The van der Waals surface area contributed by atoms with Crippen LogP contribution in [0.5, 0.6) is 0 Å². The molecule has 1 aromatic carbocycles. The number of hydrogen-bond donors (Lipinski definition) is 1. The number of sulfone groups is 1. The Morgan fingerprint density at radius 2 is 1.84 bits per heavy atom. The molecule has 8 nitrogen and oxygen atoms in total. The fraction of sp³-hybridized carbons (Fsp3) is 0.467. The molecular weight excluding hydrogens is 366 g/mol. The van der Waals surface area contributed by atoms with Gasteiger partial charge < -0.3 is 4.74 Å². The Balaban J connectivity index is 2.85. The SMILES string of the molecule is COCC(C)NS(=O)(=O)CCCS(=O)(=O)c1cccc(C#N)c1C#N. The van der Waals surface area contributed by atoms with Gasteiger partial charge in [0.2, 0.25) is 10.0 Å². The van der Waals surface area contributed by atoms with Crippen molar-refractivity contribution in [2.45, 2.75) is 24.3 Å². The average molecular weight is 385 g/mol. The first-order valence-electron chi connectivity index (χ1n) is 7.31. The number of nitrogens with zero attached hydrogens (tertiary/aromatic N) is 2. The summed E-state index contributed by atoms with van der Waals surface area (Å²) in [6.07, 6.45) is -0.140. The Hall–Kier alpha value is -1.98. The quantitative estimate of drug-likeness (QED) is 0.655. The molecule has 0 saturated carbocycles. The first-order valence-corrected chi connectivity index (χ1v) is 10.6. The highest BCUT2D eigenvalue weighted by Gasteiger charge is 2.22. The van der Waals surface area contributed by atoms with E-state index in [1.807, 2.05) is 0 Å². The van der Waals surface area contributed by atoms with Gasteiger partial charge in [0.1, 0.15) is 12.1 Å². The smallest absolute Gasteiger partial charge is 0.211 e. The van der Waals surface area contributed by atoms with E-state index in [1.54, 1.807) is 19.1 Å². The lowest BCUT2D eigenvalue weighted by atomic mass is 10.1. The second kappa shape index (κ2) is 8.92. The zero-order valence-electron chi connectivity index (χ0n) is 13.9. The third-order valence-electron chi connectivity index (χ3n) is 3.22. The van der Waals surface area contributed by atoms with Gasteiger partial charge in [-0.05, 0) is 25.5 Å². The molecule has 10 heteroatoms. The maximum absolute atomic E-state index is 12.4. The molecule has 1 N–H and O–H groups in total. The third kappa shape index (κ3) is 6.11. The zero-order chi connectivity index (χ0) is 19.1. The summed E-state index contributed by atoms with van der Waals surface area (Å²) in [6.45, 7) is 1.83. The molecule has 136 valence electrons. The van der Waals surface area contributed by atoms with Gasteiger partial charge in [0, 0.05) is 13.2 Å². The molecule has 25 heavy (non-hydrogen) atoms. The number of rotatable bonds is 9. The van der Waals surface area contributed by atoms with Crippen LogP contribution in [0.1, 0.15) is 24.5 Å². The highest BCUT2D eigenvalue weighted by atomic mass is 32.2. The summed E-state index contributed by atoms with van der Waals surface area (Å²) in [5, 5.41) is 18.1. The predicted octanol–water partition coefficient (Wildman–Crippen LogP) is 0.548. The van der Waals surface area contributed by atoms with Gasteiger partial charge in [-0.3, -0.25) is 0 Å². The van der Waals surface area contributed by atoms with E-state index in [9.17, 15) is 16.8 Å². The maximum atomic E-state index is 12.4. The van der Waals surface area contributed by atoms with E-state index in [4.69, 9.17) is 15.3 Å². The normalized spacial score (nSPS) is 13.0. The summed E-state index contributed by atoms with van der Waals surface area (Å²) in [6, 6.07) is 7.02. The topological polar surface area (TPSA) is 137 Å². The van der Waals surface area contributed by atoms with Crippen LogP contribution in [0.2, 0.25) is 0 Å². The number of nitriles is 2. The van der Waals surface area contributed by atoms with Crippen LogP contribution in [0.3, 0.4) is 0 Å². The lowest BCUT2D eigenvalue weighted by Crippen LogP contribution is -2.37. The molecule has 0 aliphatic rings. The fourth-order valence-corrected chi connectivity index (χ4v) is 5.20. The second-order valence-corrected chi connectivity index (χ2v) is 9.32. The van der Waals surface area contributed by atoms with Crippen LogP contribution in [-0.2, 0) is 24.6 Å². The zero-order valence-corrected chi connectivity index (χ0v) is 15.5. The monoisotopic (exact) mass is 385 g/mol. The van der Waals surface area contributed by atoms with E-state index in [2.05, 4.69) is 4.72 Å². The molecule has 0 aromatic heterocycles.